The number of allylic oxidation sites excluding steroid dienone is 2. The maximum atomic E-state index is 11.0. The molecule has 0 aliphatic heterocycles. The van der Waals surface area contributed by atoms with Gasteiger partial charge < -0.3 is 4.79 Å². The molecule has 0 radical (unpaired) electrons. The molecular weight excluding hydrogens is 172 g/mol. The van der Waals surface area contributed by atoms with Crippen molar-refractivity contribution in [3.05, 3.63) is 11.1 Å². The molecule has 1 rings (SSSR count). The molecule has 0 bridgehead atoms. The standard InChI is InChI=1S/C13H22O/c1-10-6-5-8-13(4,12(10)3)9-7-11(2)14/h5-9H2,1-4H3. The molecule has 1 aliphatic carbocycles. The number of ketones is 1. The van der Waals surface area contributed by atoms with Crippen LogP contribution in [0.3, 0.4) is 0 Å². The summed E-state index contributed by atoms with van der Waals surface area (Å²) in [6.45, 7) is 8.49. The maximum absolute atomic E-state index is 11.0. The first-order chi connectivity index (χ1) is 6.46. The summed E-state index contributed by atoms with van der Waals surface area (Å²) in [5.74, 6) is 0.322. The van der Waals surface area contributed by atoms with Crippen LogP contribution in [0.4, 0.5) is 0 Å². The van der Waals surface area contributed by atoms with Crippen molar-refractivity contribution in [1.29, 1.82) is 0 Å². The van der Waals surface area contributed by atoms with E-state index in [0.717, 1.165) is 12.8 Å². The summed E-state index contributed by atoms with van der Waals surface area (Å²) >= 11 is 0. The first kappa shape index (κ1) is 11.5. The van der Waals surface area contributed by atoms with E-state index in [1.54, 1.807) is 12.5 Å². The Bertz CT molecular complexity index is 262. The van der Waals surface area contributed by atoms with E-state index < -0.39 is 0 Å². The SMILES string of the molecule is CC(=O)CCC1(C)CCCC(C)=C1C. The first-order valence-corrected chi connectivity index (χ1v) is 5.62. The smallest absolute Gasteiger partial charge is 0.129 e. The Hall–Kier alpha value is -0.590. The van der Waals surface area contributed by atoms with Gasteiger partial charge in [-0.15, -0.1) is 0 Å². The zero-order valence-electron chi connectivity index (χ0n) is 9.94. The number of hydrogen-bond donors (Lipinski definition) is 0. The molecular formula is C13H22O. The van der Waals surface area contributed by atoms with Crippen LogP contribution >= 0.6 is 0 Å². The Balaban J connectivity index is 2.72. The molecule has 1 atom stereocenters. The number of rotatable bonds is 3. The molecule has 1 nitrogen and oxygen atoms in total. The molecule has 0 aromatic carbocycles. The first-order valence-electron chi connectivity index (χ1n) is 5.62. The molecule has 1 aliphatic rings. The van der Waals surface area contributed by atoms with E-state index in [4.69, 9.17) is 0 Å². The van der Waals surface area contributed by atoms with Crippen molar-refractivity contribution in [2.45, 2.75) is 59.8 Å². The van der Waals surface area contributed by atoms with Crippen LogP contribution in [-0.2, 0) is 4.79 Å². The molecule has 0 saturated heterocycles. The van der Waals surface area contributed by atoms with Crippen LogP contribution in [0.25, 0.3) is 0 Å². The highest BCUT2D eigenvalue weighted by atomic mass is 16.1. The Morgan fingerprint density at radius 2 is 2.07 bits per heavy atom. The van der Waals surface area contributed by atoms with Gasteiger partial charge in [0.1, 0.15) is 5.78 Å². The second kappa shape index (κ2) is 4.29. The normalized spacial score (nSPS) is 28.0. The van der Waals surface area contributed by atoms with Gasteiger partial charge in [-0.1, -0.05) is 18.1 Å². The fourth-order valence-electron chi connectivity index (χ4n) is 2.40. The summed E-state index contributed by atoms with van der Waals surface area (Å²) in [6, 6.07) is 0. The van der Waals surface area contributed by atoms with Crippen molar-refractivity contribution >= 4 is 5.78 Å². The molecule has 0 spiro atoms. The molecule has 0 aromatic heterocycles. The minimum atomic E-state index is 0.300. The Morgan fingerprint density at radius 3 is 2.64 bits per heavy atom. The largest absolute Gasteiger partial charge is 0.300 e. The predicted octanol–water partition coefficient (Wildman–Crippen LogP) is 3.88. The van der Waals surface area contributed by atoms with Gasteiger partial charge in [-0.25, -0.2) is 0 Å². The van der Waals surface area contributed by atoms with Crippen molar-refractivity contribution in [1.82, 2.24) is 0 Å². The van der Waals surface area contributed by atoms with E-state index in [2.05, 4.69) is 20.8 Å². The van der Waals surface area contributed by atoms with Crippen molar-refractivity contribution in [2.75, 3.05) is 0 Å². The minimum absolute atomic E-state index is 0.300. The predicted molar refractivity (Wildman–Crippen MR) is 60.2 cm³/mol. The van der Waals surface area contributed by atoms with Gasteiger partial charge in [0.05, 0.1) is 0 Å². The lowest BCUT2D eigenvalue weighted by Gasteiger charge is -2.36. The van der Waals surface area contributed by atoms with Gasteiger partial charge in [-0.3, -0.25) is 0 Å². The van der Waals surface area contributed by atoms with Crippen LogP contribution in [-0.4, -0.2) is 5.78 Å². The Kier molecular flexibility index (Phi) is 3.52. The third-order valence-corrected chi connectivity index (χ3v) is 3.85. The molecule has 0 heterocycles. The lowest BCUT2D eigenvalue weighted by Crippen LogP contribution is -2.23. The molecule has 0 aromatic rings. The average Bonchev–Trinajstić information content (AvgIpc) is 2.11. The Morgan fingerprint density at radius 1 is 1.43 bits per heavy atom. The summed E-state index contributed by atoms with van der Waals surface area (Å²) < 4.78 is 0. The van der Waals surface area contributed by atoms with Crippen LogP contribution < -0.4 is 0 Å². The van der Waals surface area contributed by atoms with Crippen molar-refractivity contribution in [3.8, 4) is 0 Å². The average molecular weight is 194 g/mol. The van der Waals surface area contributed by atoms with Crippen LogP contribution in [0.2, 0.25) is 0 Å². The van der Waals surface area contributed by atoms with Gasteiger partial charge >= 0.3 is 0 Å². The number of carbonyl (C=O) groups is 1. The lowest BCUT2D eigenvalue weighted by molar-refractivity contribution is -0.117. The number of Topliss-reactive ketones (excluding diaryl/α,β-unsaturated/α-hetero) is 1. The van der Waals surface area contributed by atoms with Crippen LogP contribution in [0, 0.1) is 5.41 Å². The molecule has 1 unspecified atom stereocenters. The molecule has 14 heavy (non-hydrogen) atoms. The summed E-state index contributed by atoms with van der Waals surface area (Å²) in [7, 11) is 0. The van der Waals surface area contributed by atoms with E-state index in [0.29, 0.717) is 11.2 Å². The van der Waals surface area contributed by atoms with Crippen LogP contribution in [0.15, 0.2) is 11.1 Å². The summed E-state index contributed by atoms with van der Waals surface area (Å²) in [5, 5.41) is 0. The summed E-state index contributed by atoms with van der Waals surface area (Å²) in [4.78, 5) is 11.0. The summed E-state index contributed by atoms with van der Waals surface area (Å²) in [5.41, 5.74) is 3.38. The zero-order chi connectivity index (χ0) is 10.8. The quantitative estimate of drug-likeness (QED) is 0.623. The van der Waals surface area contributed by atoms with Crippen molar-refractivity contribution < 1.29 is 4.79 Å². The highest BCUT2D eigenvalue weighted by Gasteiger charge is 2.30. The van der Waals surface area contributed by atoms with E-state index in [9.17, 15) is 4.79 Å². The van der Waals surface area contributed by atoms with Gasteiger partial charge in [0.2, 0.25) is 0 Å². The maximum Gasteiger partial charge on any atom is 0.129 e. The fraction of sp³-hybridized carbons (Fsp3) is 0.769. The second-order valence-electron chi connectivity index (χ2n) is 5.02. The van der Waals surface area contributed by atoms with Crippen molar-refractivity contribution in [3.63, 3.8) is 0 Å². The fourth-order valence-corrected chi connectivity index (χ4v) is 2.40. The third-order valence-electron chi connectivity index (χ3n) is 3.85. The third kappa shape index (κ3) is 2.46. The van der Waals surface area contributed by atoms with E-state index in [-0.39, 0.29) is 0 Å². The van der Waals surface area contributed by atoms with E-state index in [1.165, 1.54) is 24.8 Å². The van der Waals surface area contributed by atoms with Gasteiger partial charge in [-0.2, -0.15) is 0 Å². The van der Waals surface area contributed by atoms with Crippen LogP contribution in [0.5, 0.6) is 0 Å². The van der Waals surface area contributed by atoms with Gasteiger partial charge in [-0.05, 0) is 51.9 Å². The highest BCUT2D eigenvalue weighted by Crippen LogP contribution is 2.43. The van der Waals surface area contributed by atoms with Gasteiger partial charge in [0, 0.05) is 6.42 Å². The van der Waals surface area contributed by atoms with Crippen molar-refractivity contribution in [2.24, 2.45) is 5.41 Å². The Labute approximate surface area is 87.6 Å². The van der Waals surface area contributed by atoms with E-state index in [1.807, 2.05) is 0 Å². The molecule has 0 fully saturated rings. The van der Waals surface area contributed by atoms with Gasteiger partial charge in [0.15, 0.2) is 0 Å². The molecule has 0 saturated carbocycles. The van der Waals surface area contributed by atoms with Crippen LogP contribution in [0.1, 0.15) is 59.8 Å². The molecule has 80 valence electrons. The monoisotopic (exact) mass is 194 g/mol. The number of carbonyl (C=O) groups excluding carboxylic acids is 1. The lowest BCUT2D eigenvalue weighted by atomic mass is 9.69. The molecule has 0 amide bonds. The zero-order valence-corrected chi connectivity index (χ0v) is 9.94. The van der Waals surface area contributed by atoms with Gasteiger partial charge in [0.25, 0.3) is 0 Å². The van der Waals surface area contributed by atoms with E-state index >= 15 is 0 Å². The minimum Gasteiger partial charge on any atom is -0.300 e. The second-order valence-corrected chi connectivity index (χ2v) is 5.02. The topological polar surface area (TPSA) is 17.1 Å². The molecule has 1 heteroatoms. The highest BCUT2D eigenvalue weighted by molar-refractivity contribution is 5.75. The summed E-state index contributed by atoms with van der Waals surface area (Å²) in [6.07, 6.45) is 5.56. The molecule has 0 N–H and O–H groups in total. The number of hydrogen-bond acceptors (Lipinski definition) is 1.